The minimum atomic E-state index is -0.310. The molecule has 0 spiro atoms. The summed E-state index contributed by atoms with van der Waals surface area (Å²) < 4.78 is 5.15. The van der Waals surface area contributed by atoms with Gasteiger partial charge in [0.25, 0.3) is 0 Å². The number of fused-ring (bicyclic) bond motifs is 1. The Morgan fingerprint density at radius 3 is 2.50 bits per heavy atom. The average molecular weight is 426 g/mol. The highest BCUT2D eigenvalue weighted by atomic mass is 35.5. The van der Waals surface area contributed by atoms with E-state index in [0.717, 1.165) is 28.0 Å². The molecule has 0 bridgehead atoms. The largest absolute Gasteiger partial charge is 1.00 e. The monoisotopic (exact) mass is 425 g/mol. The Bertz CT molecular complexity index is 1010. The number of benzene rings is 2. The van der Waals surface area contributed by atoms with Crippen molar-refractivity contribution in [3.05, 3.63) is 59.8 Å². The third-order valence-corrected chi connectivity index (χ3v) is 5.48. The predicted molar refractivity (Wildman–Crippen MR) is 116 cm³/mol. The molecule has 3 aromatic rings. The summed E-state index contributed by atoms with van der Waals surface area (Å²) in [7, 11) is 0. The standard InChI is InChI=1S/C24H27N3O2.ClH/c1-3-29-24(28)18-7-12-22-21(16-18)23(15-17(2)25-22)26-19-8-10-20(11-9-19)27-13-5-4-6-14-27;/h7-12,15-16H,3-6,13-14H2,1-2H3,(H,25,26);1H. The number of anilines is 2. The fourth-order valence-electron chi connectivity index (χ4n) is 4.01. The van der Waals surface area contributed by atoms with Gasteiger partial charge in [-0.2, -0.15) is 0 Å². The van der Waals surface area contributed by atoms with Gasteiger partial charge >= 0.3 is 5.97 Å². The number of carbonyl (C=O) groups is 1. The molecule has 0 aliphatic carbocycles. The van der Waals surface area contributed by atoms with Crippen molar-refractivity contribution in [3.8, 4) is 0 Å². The number of aryl methyl sites for hydroxylation is 1. The summed E-state index contributed by atoms with van der Waals surface area (Å²) in [6.45, 7) is 6.59. The lowest BCUT2D eigenvalue weighted by Gasteiger charge is -2.23. The Kier molecular flexibility index (Phi) is 7.29. The summed E-state index contributed by atoms with van der Waals surface area (Å²) in [5.74, 6) is -0.310. The molecule has 0 saturated carbocycles. The lowest BCUT2D eigenvalue weighted by Crippen LogP contribution is -3.08. The van der Waals surface area contributed by atoms with Gasteiger partial charge in [-0.3, -0.25) is 4.98 Å². The number of halogens is 1. The number of hydrogen-bond acceptors (Lipinski definition) is 4. The van der Waals surface area contributed by atoms with Gasteiger partial charge in [-0.25, -0.2) is 4.79 Å². The van der Waals surface area contributed by atoms with E-state index in [2.05, 4.69) is 34.6 Å². The summed E-state index contributed by atoms with van der Waals surface area (Å²) in [6, 6.07) is 16.2. The Hall–Kier alpha value is -2.63. The van der Waals surface area contributed by atoms with Gasteiger partial charge in [-0.1, -0.05) is 0 Å². The number of nitrogens with one attached hydrogen (secondary N) is 2. The molecule has 1 aliphatic heterocycles. The number of piperidine rings is 1. The molecule has 30 heavy (non-hydrogen) atoms. The van der Waals surface area contributed by atoms with Crippen LogP contribution in [0.2, 0.25) is 0 Å². The first-order valence-electron chi connectivity index (χ1n) is 10.4. The minimum absolute atomic E-state index is 0. The molecule has 0 unspecified atom stereocenters. The maximum atomic E-state index is 12.1. The van der Waals surface area contributed by atoms with Crippen LogP contribution in [0.4, 0.5) is 17.1 Å². The maximum Gasteiger partial charge on any atom is 0.338 e. The molecule has 0 atom stereocenters. The van der Waals surface area contributed by atoms with Crippen LogP contribution in [0.3, 0.4) is 0 Å². The summed E-state index contributed by atoms with van der Waals surface area (Å²) in [5, 5.41) is 4.42. The van der Waals surface area contributed by atoms with Gasteiger partial charge in [0.2, 0.25) is 0 Å². The molecule has 6 heteroatoms. The fourth-order valence-corrected chi connectivity index (χ4v) is 4.01. The van der Waals surface area contributed by atoms with E-state index in [9.17, 15) is 4.79 Å². The van der Waals surface area contributed by atoms with Gasteiger partial charge < -0.3 is 27.4 Å². The topological polar surface area (TPSA) is 55.7 Å². The van der Waals surface area contributed by atoms with Gasteiger partial charge in [0.15, 0.2) is 0 Å². The first kappa shape index (κ1) is 22.1. The Labute approximate surface area is 183 Å². The van der Waals surface area contributed by atoms with Crippen molar-refractivity contribution in [2.75, 3.05) is 25.0 Å². The summed E-state index contributed by atoms with van der Waals surface area (Å²) in [4.78, 5) is 18.3. The van der Waals surface area contributed by atoms with Crippen LogP contribution >= 0.6 is 0 Å². The van der Waals surface area contributed by atoms with Gasteiger partial charge in [-0.15, -0.1) is 0 Å². The second-order valence-electron chi connectivity index (χ2n) is 7.63. The summed E-state index contributed by atoms with van der Waals surface area (Å²) in [5.41, 5.74) is 5.65. The first-order valence-corrected chi connectivity index (χ1v) is 10.4. The van der Waals surface area contributed by atoms with Crippen LogP contribution < -0.4 is 22.6 Å². The second kappa shape index (κ2) is 9.92. The van der Waals surface area contributed by atoms with Gasteiger partial charge in [0.1, 0.15) is 5.69 Å². The van der Waals surface area contributed by atoms with E-state index in [1.54, 1.807) is 11.0 Å². The van der Waals surface area contributed by atoms with Crippen LogP contribution in [-0.2, 0) is 4.74 Å². The van der Waals surface area contributed by atoms with Crippen molar-refractivity contribution >= 4 is 33.9 Å². The molecule has 0 amide bonds. The maximum absolute atomic E-state index is 12.1. The highest BCUT2D eigenvalue weighted by molar-refractivity contribution is 5.99. The third-order valence-electron chi connectivity index (χ3n) is 5.48. The van der Waals surface area contributed by atoms with E-state index in [1.807, 2.05) is 32.0 Å². The number of carbonyl (C=O) groups excluding carboxylic acids is 1. The zero-order valence-electron chi connectivity index (χ0n) is 17.5. The number of nitrogens with zero attached hydrogens (tertiary/aromatic N) is 1. The number of pyridine rings is 1. The van der Waals surface area contributed by atoms with E-state index < -0.39 is 0 Å². The van der Waals surface area contributed by atoms with Crippen LogP contribution in [-0.4, -0.2) is 30.6 Å². The Morgan fingerprint density at radius 1 is 1.07 bits per heavy atom. The quantitative estimate of drug-likeness (QED) is 0.602. The van der Waals surface area contributed by atoms with Crippen LogP contribution in [0.5, 0.6) is 0 Å². The first-order chi connectivity index (χ1) is 14.1. The third kappa shape index (κ3) is 4.91. The average Bonchev–Trinajstić information content (AvgIpc) is 2.75. The molecule has 0 radical (unpaired) electrons. The van der Waals surface area contributed by atoms with Crippen LogP contribution in [0.15, 0.2) is 48.5 Å². The molecule has 1 aromatic heterocycles. The van der Waals surface area contributed by atoms with E-state index in [-0.39, 0.29) is 18.4 Å². The van der Waals surface area contributed by atoms with Crippen molar-refractivity contribution in [3.63, 3.8) is 0 Å². The molecular formula is C24H28ClN3O2. The fraction of sp³-hybridized carbons (Fsp3) is 0.333. The molecule has 2 aromatic carbocycles. The number of aromatic nitrogens is 1. The van der Waals surface area contributed by atoms with Crippen LogP contribution in [0.1, 0.15) is 42.2 Å². The number of quaternary nitrogens is 1. The molecule has 158 valence electrons. The normalized spacial score (nSPS) is 14.2. The van der Waals surface area contributed by atoms with E-state index in [0.29, 0.717) is 12.2 Å². The van der Waals surface area contributed by atoms with Gasteiger partial charge in [-0.05, 0) is 69.5 Å². The zero-order chi connectivity index (χ0) is 20.2. The second-order valence-corrected chi connectivity index (χ2v) is 7.63. The van der Waals surface area contributed by atoms with E-state index in [4.69, 9.17) is 4.74 Å². The van der Waals surface area contributed by atoms with Crippen molar-refractivity contribution in [1.82, 2.24) is 4.98 Å². The van der Waals surface area contributed by atoms with Crippen molar-refractivity contribution in [1.29, 1.82) is 0 Å². The van der Waals surface area contributed by atoms with Crippen LogP contribution in [0, 0.1) is 6.92 Å². The predicted octanol–water partition coefficient (Wildman–Crippen LogP) is 1.17. The molecule has 2 heterocycles. The smallest absolute Gasteiger partial charge is 0.338 e. The lowest BCUT2D eigenvalue weighted by atomic mass is 10.1. The SMILES string of the molecule is CCOC(=O)c1ccc2nc(C)cc(Nc3ccc([NH+]4CCCCC4)cc3)c2c1.[Cl-]. The molecule has 1 saturated heterocycles. The van der Waals surface area contributed by atoms with Crippen molar-refractivity contribution < 1.29 is 26.8 Å². The van der Waals surface area contributed by atoms with Crippen molar-refractivity contribution in [2.24, 2.45) is 0 Å². The molecule has 1 fully saturated rings. The molecule has 4 rings (SSSR count). The minimum Gasteiger partial charge on any atom is -1.00 e. The van der Waals surface area contributed by atoms with Crippen LogP contribution in [0.25, 0.3) is 10.9 Å². The highest BCUT2D eigenvalue weighted by Gasteiger charge is 2.16. The number of rotatable bonds is 5. The molecular weight excluding hydrogens is 398 g/mol. The van der Waals surface area contributed by atoms with Gasteiger partial charge in [0.05, 0.1) is 30.8 Å². The number of ether oxygens (including phenoxy) is 1. The highest BCUT2D eigenvalue weighted by Crippen LogP contribution is 2.28. The molecule has 5 nitrogen and oxygen atoms in total. The number of hydrogen-bond donors (Lipinski definition) is 2. The summed E-state index contributed by atoms with van der Waals surface area (Å²) in [6.07, 6.45) is 3.96. The lowest BCUT2D eigenvalue weighted by molar-refractivity contribution is -0.838. The van der Waals surface area contributed by atoms with E-state index >= 15 is 0 Å². The molecule has 1 aliphatic rings. The Balaban J connectivity index is 0.00000256. The van der Waals surface area contributed by atoms with Gasteiger partial charge in [0, 0.05) is 34.6 Å². The number of esters is 1. The Morgan fingerprint density at radius 2 is 1.80 bits per heavy atom. The zero-order valence-corrected chi connectivity index (χ0v) is 18.3. The molecule has 2 N–H and O–H groups in total. The van der Waals surface area contributed by atoms with Crippen molar-refractivity contribution in [2.45, 2.75) is 33.1 Å². The summed E-state index contributed by atoms with van der Waals surface area (Å²) >= 11 is 0. The van der Waals surface area contributed by atoms with E-state index in [1.165, 1.54) is 38.0 Å².